The molecule has 0 bridgehead atoms. The highest BCUT2D eigenvalue weighted by atomic mass is 16.7. The highest BCUT2D eigenvalue weighted by Crippen LogP contribution is 2.38. The summed E-state index contributed by atoms with van der Waals surface area (Å²) in [5.41, 5.74) is 3.87. The van der Waals surface area contributed by atoms with Crippen LogP contribution in [-0.2, 0) is 9.31 Å². The van der Waals surface area contributed by atoms with Gasteiger partial charge in [-0.3, -0.25) is 0 Å². The number of allylic oxidation sites excluding steroid dienone is 3. The van der Waals surface area contributed by atoms with Gasteiger partial charge in [-0.1, -0.05) is 60.7 Å². The van der Waals surface area contributed by atoms with E-state index in [1.807, 2.05) is 0 Å². The van der Waals surface area contributed by atoms with Gasteiger partial charge >= 0.3 is 7.12 Å². The molecule has 1 aliphatic carbocycles. The summed E-state index contributed by atoms with van der Waals surface area (Å²) in [6.07, 6.45) is 8.95. The van der Waals surface area contributed by atoms with Crippen LogP contribution in [0.3, 0.4) is 0 Å². The predicted octanol–water partition coefficient (Wildman–Crippen LogP) is 6.51. The Balaban J connectivity index is 1.55. The van der Waals surface area contributed by atoms with Gasteiger partial charge in [0, 0.05) is 16.8 Å². The number of fused-ring (bicyclic) bond motifs is 1. The average molecular weight is 423 g/mol. The third-order valence-electron chi connectivity index (χ3n) is 6.92. The summed E-state index contributed by atoms with van der Waals surface area (Å²) in [6, 6.07) is 23.7. The molecule has 4 heteroatoms. The molecule has 0 N–H and O–H groups in total. The first-order valence-electron chi connectivity index (χ1n) is 11.5. The molecule has 0 unspecified atom stereocenters. The van der Waals surface area contributed by atoms with Crippen molar-refractivity contribution in [3.05, 3.63) is 90.7 Å². The van der Waals surface area contributed by atoms with Crippen LogP contribution in [0.15, 0.2) is 90.7 Å². The molecular formula is C28H30BNO2. The van der Waals surface area contributed by atoms with Crippen LogP contribution in [0.5, 0.6) is 0 Å². The Bertz CT molecular complexity index is 1170. The van der Waals surface area contributed by atoms with Gasteiger partial charge in [0.15, 0.2) is 0 Å². The van der Waals surface area contributed by atoms with Crippen molar-refractivity contribution in [3.63, 3.8) is 0 Å². The van der Waals surface area contributed by atoms with Crippen molar-refractivity contribution in [2.24, 2.45) is 0 Å². The lowest BCUT2D eigenvalue weighted by Crippen LogP contribution is -2.41. The maximum atomic E-state index is 6.25. The molecular weight excluding hydrogens is 393 g/mol. The fraction of sp³-hybridized carbons (Fsp3) is 0.286. The van der Waals surface area contributed by atoms with Crippen LogP contribution in [0.1, 0.15) is 40.5 Å². The minimum absolute atomic E-state index is 0.344. The van der Waals surface area contributed by atoms with E-state index in [4.69, 9.17) is 9.31 Å². The molecule has 162 valence electrons. The zero-order valence-electron chi connectivity index (χ0n) is 19.3. The number of benzene rings is 3. The molecule has 1 saturated heterocycles. The maximum Gasteiger partial charge on any atom is 0.494 e. The van der Waals surface area contributed by atoms with Gasteiger partial charge in [-0.25, -0.2) is 0 Å². The van der Waals surface area contributed by atoms with E-state index in [1.165, 1.54) is 22.2 Å². The highest BCUT2D eigenvalue weighted by Gasteiger charge is 2.51. The van der Waals surface area contributed by atoms with E-state index >= 15 is 0 Å². The molecule has 0 aromatic heterocycles. The minimum atomic E-state index is -0.353. The number of rotatable bonds is 4. The van der Waals surface area contributed by atoms with Gasteiger partial charge in [0.2, 0.25) is 0 Å². The van der Waals surface area contributed by atoms with Crippen molar-refractivity contribution in [1.29, 1.82) is 0 Å². The molecule has 32 heavy (non-hydrogen) atoms. The molecule has 3 aromatic rings. The second-order valence-corrected chi connectivity index (χ2v) is 9.62. The molecule has 0 radical (unpaired) electrons. The predicted molar refractivity (Wildman–Crippen MR) is 135 cm³/mol. The molecule has 1 aliphatic heterocycles. The van der Waals surface area contributed by atoms with Gasteiger partial charge in [-0.2, -0.15) is 0 Å². The summed E-state index contributed by atoms with van der Waals surface area (Å²) in [4.78, 5) is 2.35. The number of nitrogens with zero attached hydrogens (tertiary/aromatic N) is 1. The Labute approximate surface area is 191 Å². The molecule has 5 rings (SSSR count). The van der Waals surface area contributed by atoms with Gasteiger partial charge in [-0.05, 0) is 75.7 Å². The van der Waals surface area contributed by atoms with Gasteiger partial charge in [0.1, 0.15) is 0 Å². The number of hydrogen-bond donors (Lipinski definition) is 0. The van der Waals surface area contributed by atoms with E-state index in [1.54, 1.807) is 0 Å². The van der Waals surface area contributed by atoms with Crippen molar-refractivity contribution in [3.8, 4) is 0 Å². The molecule has 2 aliphatic rings. The topological polar surface area (TPSA) is 21.7 Å². The molecule has 3 nitrogen and oxygen atoms in total. The fourth-order valence-corrected chi connectivity index (χ4v) is 4.36. The lowest BCUT2D eigenvalue weighted by atomic mass is 9.79. The van der Waals surface area contributed by atoms with Crippen LogP contribution in [0.4, 0.5) is 11.4 Å². The van der Waals surface area contributed by atoms with E-state index in [0.29, 0.717) is 0 Å². The molecule has 0 atom stereocenters. The Morgan fingerprint density at radius 1 is 0.781 bits per heavy atom. The Kier molecular flexibility index (Phi) is 5.23. The molecule has 1 fully saturated rings. The molecule has 3 aromatic carbocycles. The first-order valence-corrected chi connectivity index (χ1v) is 11.5. The maximum absolute atomic E-state index is 6.25. The summed E-state index contributed by atoms with van der Waals surface area (Å²) in [6.45, 7) is 8.36. The van der Waals surface area contributed by atoms with Crippen LogP contribution < -0.4 is 10.4 Å². The first-order chi connectivity index (χ1) is 15.4. The third kappa shape index (κ3) is 3.68. The highest BCUT2D eigenvalue weighted by molar-refractivity contribution is 6.62. The lowest BCUT2D eigenvalue weighted by Gasteiger charge is -2.32. The number of anilines is 2. The van der Waals surface area contributed by atoms with Crippen molar-refractivity contribution in [2.45, 2.75) is 51.7 Å². The Hall–Kier alpha value is -2.82. The standard InChI is InChI=1S/C28H30BNO2/c1-27(2)28(3,4)32-29(31-27)22-17-19-24(20-18-22)30(23-13-6-5-7-14-23)26-16-10-12-21-11-8-9-15-25(21)26/h6,8-20H,5,7H2,1-4H3. The van der Waals surface area contributed by atoms with Crippen LogP contribution in [0, 0.1) is 0 Å². The van der Waals surface area contributed by atoms with Crippen LogP contribution in [-0.4, -0.2) is 18.3 Å². The summed E-state index contributed by atoms with van der Waals surface area (Å²) in [5, 5.41) is 2.48. The summed E-state index contributed by atoms with van der Waals surface area (Å²) in [7, 11) is -0.353. The first kappa shape index (κ1) is 21.1. The largest absolute Gasteiger partial charge is 0.494 e. The summed E-state index contributed by atoms with van der Waals surface area (Å²) >= 11 is 0. The summed E-state index contributed by atoms with van der Waals surface area (Å²) < 4.78 is 12.5. The Morgan fingerprint density at radius 2 is 1.47 bits per heavy atom. The van der Waals surface area contributed by atoms with Crippen LogP contribution >= 0.6 is 0 Å². The second-order valence-electron chi connectivity index (χ2n) is 9.62. The van der Waals surface area contributed by atoms with E-state index in [0.717, 1.165) is 24.0 Å². The van der Waals surface area contributed by atoms with Gasteiger partial charge in [0.05, 0.1) is 16.9 Å². The number of hydrogen-bond acceptors (Lipinski definition) is 3. The lowest BCUT2D eigenvalue weighted by molar-refractivity contribution is 0.00578. The van der Waals surface area contributed by atoms with Crippen molar-refractivity contribution in [2.75, 3.05) is 4.90 Å². The van der Waals surface area contributed by atoms with E-state index in [2.05, 4.69) is 118 Å². The van der Waals surface area contributed by atoms with Crippen LogP contribution in [0.2, 0.25) is 0 Å². The fourth-order valence-electron chi connectivity index (χ4n) is 4.36. The zero-order chi connectivity index (χ0) is 22.3. The molecule has 0 amide bonds. The second kappa shape index (κ2) is 7.95. The van der Waals surface area contributed by atoms with Crippen molar-refractivity contribution < 1.29 is 9.31 Å². The van der Waals surface area contributed by atoms with E-state index in [9.17, 15) is 0 Å². The normalized spacial score (nSPS) is 19.2. The third-order valence-corrected chi connectivity index (χ3v) is 6.92. The minimum Gasteiger partial charge on any atom is -0.399 e. The smallest absolute Gasteiger partial charge is 0.399 e. The zero-order valence-corrected chi connectivity index (χ0v) is 19.3. The van der Waals surface area contributed by atoms with Gasteiger partial charge in [0.25, 0.3) is 0 Å². The van der Waals surface area contributed by atoms with E-state index < -0.39 is 0 Å². The quantitative estimate of drug-likeness (QED) is 0.447. The van der Waals surface area contributed by atoms with E-state index in [-0.39, 0.29) is 18.3 Å². The average Bonchev–Trinajstić information content (AvgIpc) is 3.02. The van der Waals surface area contributed by atoms with Gasteiger partial charge in [-0.15, -0.1) is 0 Å². The molecule has 0 saturated carbocycles. The monoisotopic (exact) mass is 423 g/mol. The van der Waals surface area contributed by atoms with Crippen molar-refractivity contribution in [1.82, 2.24) is 0 Å². The van der Waals surface area contributed by atoms with Crippen LogP contribution in [0.25, 0.3) is 10.8 Å². The molecule has 1 heterocycles. The Morgan fingerprint density at radius 3 is 2.16 bits per heavy atom. The molecule has 0 spiro atoms. The summed E-state index contributed by atoms with van der Waals surface area (Å²) in [5.74, 6) is 0. The SMILES string of the molecule is CC1(C)OB(c2ccc(N(C3=CCCC=C3)c3cccc4ccccc34)cc2)OC1(C)C. The van der Waals surface area contributed by atoms with Gasteiger partial charge < -0.3 is 14.2 Å². The van der Waals surface area contributed by atoms with Crippen molar-refractivity contribution >= 4 is 34.7 Å².